The first kappa shape index (κ1) is 16.8. The fraction of sp³-hybridized carbons (Fsp3) is 0.421. The van der Waals surface area contributed by atoms with Crippen LogP contribution >= 0.6 is 0 Å². The second kappa shape index (κ2) is 6.55. The van der Waals surface area contributed by atoms with Crippen molar-refractivity contribution in [3.63, 3.8) is 0 Å². The van der Waals surface area contributed by atoms with Crippen molar-refractivity contribution in [1.29, 1.82) is 0 Å². The minimum absolute atomic E-state index is 0.153. The van der Waals surface area contributed by atoms with Crippen molar-refractivity contribution in [2.24, 2.45) is 5.92 Å². The fourth-order valence-corrected chi connectivity index (χ4v) is 4.03. The van der Waals surface area contributed by atoms with Crippen LogP contribution in [-0.4, -0.2) is 32.8 Å². The van der Waals surface area contributed by atoms with Crippen LogP contribution in [0.1, 0.15) is 47.4 Å². The van der Waals surface area contributed by atoms with E-state index in [1.54, 1.807) is 22.9 Å². The lowest BCUT2D eigenvalue weighted by molar-refractivity contribution is -0.141. The molecule has 7 heteroatoms. The van der Waals surface area contributed by atoms with E-state index in [0.717, 1.165) is 30.5 Å². The molecule has 1 fully saturated rings. The van der Waals surface area contributed by atoms with E-state index in [2.05, 4.69) is 10.4 Å². The maximum Gasteiger partial charge on any atom is 0.306 e. The summed E-state index contributed by atoms with van der Waals surface area (Å²) in [5.41, 5.74) is 2.43. The van der Waals surface area contributed by atoms with Crippen molar-refractivity contribution in [2.45, 2.75) is 44.6 Å². The van der Waals surface area contributed by atoms with Gasteiger partial charge >= 0.3 is 5.97 Å². The number of halogens is 1. The third-order valence-electron chi connectivity index (χ3n) is 5.34. The topological polar surface area (TPSA) is 84.2 Å². The summed E-state index contributed by atoms with van der Waals surface area (Å²) in [6.45, 7) is 0. The monoisotopic (exact) mass is 357 g/mol. The first-order chi connectivity index (χ1) is 12.5. The van der Waals surface area contributed by atoms with Crippen molar-refractivity contribution in [3.8, 4) is 5.69 Å². The number of nitrogens with zero attached hydrogens (tertiary/aromatic N) is 2. The number of nitrogens with one attached hydrogen (secondary N) is 1. The number of hydrogen-bond acceptors (Lipinski definition) is 3. The Morgan fingerprint density at radius 1 is 1.23 bits per heavy atom. The highest BCUT2D eigenvalue weighted by molar-refractivity contribution is 5.94. The Kier molecular flexibility index (Phi) is 4.22. The summed E-state index contributed by atoms with van der Waals surface area (Å²) in [4.78, 5) is 23.8. The van der Waals surface area contributed by atoms with E-state index in [-0.39, 0.29) is 17.8 Å². The molecule has 4 rings (SSSR count). The Labute approximate surface area is 150 Å². The molecule has 0 unspecified atom stereocenters. The van der Waals surface area contributed by atoms with Crippen LogP contribution in [0.15, 0.2) is 24.3 Å². The first-order valence-electron chi connectivity index (χ1n) is 8.94. The number of para-hydroxylation sites is 1. The van der Waals surface area contributed by atoms with Gasteiger partial charge in [-0.1, -0.05) is 12.1 Å². The highest BCUT2D eigenvalue weighted by Crippen LogP contribution is 2.30. The van der Waals surface area contributed by atoms with Crippen LogP contribution in [0, 0.1) is 11.7 Å². The zero-order valence-corrected chi connectivity index (χ0v) is 14.2. The van der Waals surface area contributed by atoms with Gasteiger partial charge < -0.3 is 10.4 Å². The molecule has 0 bridgehead atoms. The zero-order chi connectivity index (χ0) is 18.3. The molecular formula is C19H20FN3O3. The van der Waals surface area contributed by atoms with E-state index in [4.69, 9.17) is 5.11 Å². The molecule has 2 aliphatic carbocycles. The van der Waals surface area contributed by atoms with Gasteiger partial charge in [0.2, 0.25) is 0 Å². The fourth-order valence-electron chi connectivity index (χ4n) is 4.03. The van der Waals surface area contributed by atoms with Gasteiger partial charge in [0.05, 0.1) is 5.92 Å². The van der Waals surface area contributed by atoms with E-state index in [1.807, 2.05) is 0 Å². The van der Waals surface area contributed by atoms with Gasteiger partial charge in [0.1, 0.15) is 11.5 Å². The lowest BCUT2D eigenvalue weighted by atomic mass is 10.1. The van der Waals surface area contributed by atoms with Crippen LogP contribution in [0.4, 0.5) is 4.39 Å². The third kappa shape index (κ3) is 2.87. The summed E-state index contributed by atoms with van der Waals surface area (Å²) >= 11 is 0. The zero-order valence-electron chi connectivity index (χ0n) is 14.2. The summed E-state index contributed by atoms with van der Waals surface area (Å²) in [6.07, 6.45) is 4.08. The van der Waals surface area contributed by atoms with Gasteiger partial charge in [0.15, 0.2) is 5.69 Å². The smallest absolute Gasteiger partial charge is 0.306 e. The summed E-state index contributed by atoms with van der Waals surface area (Å²) in [5.74, 6) is -1.89. The van der Waals surface area contributed by atoms with Crippen molar-refractivity contribution >= 4 is 11.9 Å². The predicted octanol–water partition coefficient (Wildman–Crippen LogP) is 2.48. The highest BCUT2D eigenvalue weighted by Gasteiger charge is 2.33. The van der Waals surface area contributed by atoms with Crippen LogP contribution in [0.3, 0.4) is 0 Å². The molecular weight excluding hydrogens is 337 g/mol. The molecule has 1 saturated carbocycles. The lowest BCUT2D eigenvalue weighted by Gasteiger charge is -2.11. The molecule has 2 aromatic rings. The molecule has 1 aromatic heterocycles. The average molecular weight is 357 g/mol. The third-order valence-corrected chi connectivity index (χ3v) is 5.34. The second-order valence-electron chi connectivity index (χ2n) is 7.01. The minimum Gasteiger partial charge on any atom is -0.481 e. The molecule has 2 atom stereocenters. The van der Waals surface area contributed by atoms with Crippen molar-refractivity contribution in [2.75, 3.05) is 0 Å². The number of carboxylic acid groups (broad SMARTS) is 1. The molecule has 0 aliphatic heterocycles. The maximum absolute atomic E-state index is 14.2. The minimum atomic E-state index is -0.813. The Hall–Kier alpha value is -2.70. The predicted molar refractivity (Wildman–Crippen MR) is 91.8 cm³/mol. The van der Waals surface area contributed by atoms with Crippen molar-refractivity contribution < 1.29 is 19.1 Å². The van der Waals surface area contributed by atoms with Gasteiger partial charge in [-0.25, -0.2) is 9.07 Å². The average Bonchev–Trinajstić information content (AvgIpc) is 3.31. The van der Waals surface area contributed by atoms with Crippen LogP contribution in [0.25, 0.3) is 5.69 Å². The molecule has 1 aromatic carbocycles. The Bertz CT molecular complexity index is 877. The number of carbonyl (C=O) groups excluding carboxylic acids is 1. The van der Waals surface area contributed by atoms with E-state index in [9.17, 15) is 14.0 Å². The van der Waals surface area contributed by atoms with Crippen LogP contribution in [0.5, 0.6) is 0 Å². The number of carboxylic acids is 1. The number of amides is 1. The summed E-state index contributed by atoms with van der Waals surface area (Å²) in [6, 6.07) is 6.24. The molecule has 2 aliphatic rings. The second-order valence-corrected chi connectivity index (χ2v) is 7.01. The molecule has 2 N–H and O–H groups in total. The Balaban J connectivity index is 1.60. The van der Waals surface area contributed by atoms with Crippen LogP contribution in [0.2, 0.25) is 0 Å². The molecule has 1 amide bonds. The van der Waals surface area contributed by atoms with Gasteiger partial charge in [0.25, 0.3) is 5.91 Å². The lowest BCUT2D eigenvalue weighted by Crippen LogP contribution is -2.34. The maximum atomic E-state index is 14.2. The summed E-state index contributed by atoms with van der Waals surface area (Å²) in [7, 11) is 0. The number of carbonyl (C=O) groups is 2. The molecule has 136 valence electrons. The van der Waals surface area contributed by atoms with Gasteiger partial charge in [-0.3, -0.25) is 9.59 Å². The number of hydrogen-bond donors (Lipinski definition) is 2. The van der Waals surface area contributed by atoms with E-state index < -0.39 is 11.9 Å². The summed E-state index contributed by atoms with van der Waals surface area (Å²) in [5, 5.41) is 16.4. The Morgan fingerprint density at radius 2 is 2.04 bits per heavy atom. The van der Waals surface area contributed by atoms with Crippen molar-refractivity contribution in [1.82, 2.24) is 15.1 Å². The number of benzene rings is 1. The number of aliphatic carboxylic acids is 1. The van der Waals surface area contributed by atoms with Gasteiger partial charge in [0, 0.05) is 17.3 Å². The van der Waals surface area contributed by atoms with Crippen molar-refractivity contribution in [3.05, 3.63) is 47.0 Å². The number of fused-ring (bicyclic) bond motifs is 1. The van der Waals surface area contributed by atoms with E-state index in [0.29, 0.717) is 30.6 Å². The largest absolute Gasteiger partial charge is 0.481 e. The summed E-state index contributed by atoms with van der Waals surface area (Å²) < 4.78 is 15.7. The Morgan fingerprint density at radius 3 is 2.77 bits per heavy atom. The molecule has 26 heavy (non-hydrogen) atoms. The first-order valence-corrected chi connectivity index (χ1v) is 8.94. The molecule has 0 radical (unpaired) electrons. The number of aromatic nitrogens is 2. The van der Waals surface area contributed by atoms with Crippen LogP contribution < -0.4 is 5.32 Å². The van der Waals surface area contributed by atoms with Gasteiger partial charge in [-0.05, 0) is 50.7 Å². The SMILES string of the molecule is O=C(N[C@@H]1CC[C@H](C(=O)O)C1)c1nn(-c2ccccc2F)c2c1CCC2. The van der Waals surface area contributed by atoms with E-state index >= 15 is 0 Å². The number of rotatable bonds is 4. The molecule has 6 nitrogen and oxygen atoms in total. The molecule has 0 spiro atoms. The molecule has 1 heterocycles. The van der Waals surface area contributed by atoms with Gasteiger partial charge in [-0.2, -0.15) is 5.10 Å². The highest BCUT2D eigenvalue weighted by atomic mass is 19.1. The normalized spacial score (nSPS) is 21.6. The van der Waals surface area contributed by atoms with Gasteiger partial charge in [-0.15, -0.1) is 0 Å². The standard InChI is InChI=1S/C19H20FN3O3/c20-14-5-1-2-6-16(14)23-15-7-3-4-13(15)17(22-23)18(24)21-12-9-8-11(10-12)19(25)26/h1-2,5-6,11-12H,3-4,7-10H2,(H,21,24)(H,25,26)/t11-,12+/m0/s1. The van der Waals surface area contributed by atoms with Crippen LogP contribution in [-0.2, 0) is 17.6 Å². The van der Waals surface area contributed by atoms with E-state index in [1.165, 1.54) is 6.07 Å². The molecule has 0 saturated heterocycles. The quantitative estimate of drug-likeness (QED) is 0.880.